The number of aliphatic hydroxyl groups excluding tert-OH is 1. The number of hydrogen-bond donors (Lipinski definition) is 1. The third kappa shape index (κ3) is 3.28. The quantitative estimate of drug-likeness (QED) is 0.917. The molecule has 1 aromatic heterocycles. The van der Waals surface area contributed by atoms with Crippen LogP contribution in [0, 0.1) is 19.8 Å². The van der Waals surface area contributed by atoms with Gasteiger partial charge in [0.15, 0.2) is 0 Å². The maximum atomic E-state index is 12.5. The standard InChI is InChI=1S/C16H27N3O2/c1-11-6-5-9-19(15(11)10-20)16(21)8-7-14-12(2)17-18(4)13(14)3/h11,15,20H,5-10H2,1-4H3. The molecule has 118 valence electrons. The van der Waals surface area contributed by atoms with E-state index in [-0.39, 0.29) is 18.6 Å². The first-order valence-electron chi connectivity index (χ1n) is 7.85. The Balaban J connectivity index is 2.01. The zero-order chi connectivity index (χ0) is 15.6. The molecular weight excluding hydrogens is 266 g/mol. The lowest BCUT2D eigenvalue weighted by Gasteiger charge is -2.39. The summed E-state index contributed by atoms with van der Waals surface area (Å²) in [5, 5.41) is 13.9. The second-order valence-electron chi connectivity index (χ2n) is 6.23. The number of likely N-dealkylation sites (tertiary alicyclic amines) is 1. The van der Waals surface area contributed by atoms with Crippen LogP contribution in [0.15, 0.2) is 0 Å². The van der Waals surface area contributed by atoms with E-state index in [2.05, 4.69) is 12.0 Å². The lowest BCUT2D eigenvalue weighted by atomic mass is 9.91. The number of amides is 1. The smallest absolute Gasteiger partial charge is 0.223 e. The molecule has 2 heterocycles. The van der Waals surface area contributed by atoms with Crippen molar-refractivity contribution in [3.8, 4) is 0 Å². The van der Waals surface area contributed by atoms with Gasteiger partial charge in [-0.25, -0.2) is 0 Å². The maximum Gasteiger partial charge on any atom is 0.223 e. The molecule has 2 unspecified atom stereocenters. The monoisotopic (exact) mass is 293 g/mol. The Labute approximate surface area is 126 Å². The van der Waals surface area contributed by atoms with E-state index >= 15 is 0 Å². The van der Waals surface area contributed by atoms with Crippen molar-refractivity contribution in [2.75, 3.05) is 13.2 Å². The van der Waals surface area contributed by atoms with E-state index in [1.807, 2.05) is 30.5 Å². The Hall–Kier alpha value is -1.36. The molecule has 0 aromatic carbocycles. The van der Waals surface area contributed by atoms with Crippen LogP contribution >= 0.6 is 0 Å². The zero-order valence-electron chi connectivity index (χ0n) is 13.6. The van der Waals surface area contributed by atoms with E-state index in [4.69, 9.17) is 0 Å². The van der Waals surface area contributed by atoms with Crippen LogP contribution in [0.25, 0.3) is 0 Å². The van der Waals surface area contributed by atoms with Gasteiger partial charge in [0.2, 0.25) is 5.91 Å². The summed E-state index contributed by atoms with van der Waals surface area (Å²) in [6.07, 6.45) is 3.36. The fourth-order valence-corrected chi connectivity index (χ4v) is 3.39. The van der Waals surface area contributed by atoms with Gasteiger partial charge in [-0.1, -0.05) is 6.92 Å². The molecule has 1 N–H and O–H groups in total. The van der Waals surface area contributed by atoms with Crippen LogP contribution in [-0.2, 0) is 18.3 Å². The number of aryl methyl sites for hydroxylation is 2. The Morgan fingerprint density at radius 3 is 2.71 bits per heavy atom. The molecular formula is C16H27N3O2. The minimum atomic E-state index is -0.0117. The predicted molar refractivity (Wildman–Crippen MR) is 82.0 cm³/mol. The highest BCUT2D eigenvalue weighted by molar-refractivity contribution is 5.77. The number of nitrogens with zero attached hydrogens (tertiary/aromatic N) is 3. The molecule has 1 fully saturated rings. The molecule has 0 saturated carbocycles. The van der Waals surface area contributed by atoms with Gasteiger partial charge in [0.05, 0.1) is 18.3 Å². The van der Waals surface area contributed by atoms with Crippen LogP contribution < -0.4 is 0 Å². The first kappa shape index (κ1) is 16.0. The molecule has 21 heavy (non-hydrogen) atoms. The van der Waals surface area contributed by atoms with Gasteiger partial charge in [0.1, 0.15) is 0 Å². The molecule has 0 bridgehead atoms. The van der Waals surface area contributed by atoms with Gasteiger partial charge in [-0.05, 0) is 44.6 Å². The van der Waals surface area contributed by atoms with E-state index in [0.717, 1.165) is 37.2 Å². The highest BCUT2D eigenvalue weighted by Crippen LogP contribution is 2.24. The van der Waals surface area contributed by atoms with E-state index < -0.39 is 0 Å². The average Bonchev–Trinajstić information content (AvgIpc) is 2.69. The average molecular weight is 293 g/mol. The summed E-state index contributed by atoms with van der Waals surface area (Å²) in [4.78, 5) is 14.4. The van der Waals surface area contributed by atoms with Gasteiger partial charge < -0.3 is 10.0 Å². The molecule has 1 aromatic rings. The van der Waals surface area contributed by atoms with Crippen LogP contribution in [0.5, 0.6) is 0 Å². The van der Waals surface area contributed by atoms with Gasteiger partial charge in [-0.3, -0.25) is 9.48 Å². The van der Waals surface area contributed by atoms with Gasteiger partial charge >= 0.3 is 0 Å². The number of rotatable bonds is 4. The topological polar surface area (TPSA) is 58.4 Å². The Kier molecular flexibility index (Phi) is 5.04. The van der Waals surface area contributed by atoms with Crippen molar-refractivity contribution in [2.24, 2.45) is 13.0 Å². The first-order valence-corrected chi connectivity index (χ1v) is 7.85. The minimum Gasteiger partial charge on any atom is -0.394 e. The second-order valence-corrected chi connectivity index (χ2v) is 6.23. The Morgan fingerprint density at radius 1 is 1.43 bits per heavy atom. The molecule has 1 amide bonds. The highest BCUT2D eigenvalue weighted by atomic mass is 16.3. The van der Waals surface area contributed by atoms with E-state index in [9.17, 15) is 9.90 Å². The van der Waals surface area contributed by atoms with E-state index in [1.54, 1.807) is 0 Å². The number of carbonyl (C=O) groups excluding carboxylic acids is 1. The lowest BCUT2D eigenvalue weighted by molar-refractivity contribution is -0.137. The lowest BCUT2D eigenvalue weighted by Crippen LogP contribution is -2.49. The molecule has 2 rings (SSSR count). The maximum absolute atomic E-state index is 12.5. The first-order chi connectivity index (χ1) is 9.95. The predicted octanol–water partition coefficient (Wildman–Crippen LogP) is 1.59. The minimum absolute atomic E-state index is 0.0117. The van der Waals surface area contributed by atoms with Crippen molar-refractivity contribution < 1.29 is 9.90 Å². The molecule has 1 aliphatic rings. The summed E-state index contributed by atoms with van der Waals surface area (Å²) in [7, 11) is 1.93. The number of carbonyl (C=O) groups is 1. The molecule has 0 radical (unpaired) electrons. The third-order valence-corrected chi connectivity index (χ3v) is 4.87. The Morgan fingerprint density at radius 2 is 2.14 bits per heavy atom. The van der Waals surface area contributed by atoms with E-state index in [0.29, 0.717) is 12.3 Å². The normalized spacial score (nSPS) is 22.6. The summed E-state index contributed by atoms with van der Waals surface area (Å²) in [5.74, 6) is 0.540. The summed E-state index contributed by atoms with van der Waals surface area (Å²) in [6.45, 7) is 7.00. The molecule has 2 atom stereocenters. The van der Waals surface area contributed by atoms with E-state index in [1.165, 1.54) is 5.56 Å². The van der Waals surface area contributed by atoms with Gasteiger partial charge in [-0.2, -0.15) is 5.10 Å². The summed E-state index contributed by atoms with van der Waals surface area (Å²) in [6, 6.07) is -0.0117. The SMILES string of the molecule is Cc1nn(C)c(C)c1CCC(=O)N1CCCC(C)C1CO. The summed E-state index contributed by atoms with van der Waals surface area (Å²) >= 11 is 0. The molecule has 0 spiro atoms. The zero-order valence-corrected chi connectivity index (χ0v) is 13.6. The Bertz CT molecular complexity index is 510. The van der Waals surface area contributed by atoms with Crippen molar-refractivity contribution >= 4 is 5.91 Å². The number of hydrogen-bond acceptors (Lipinski definition) is 3. The molecule has 5 nitrogen and oxygen atoms in total. The molecule has 1 saturated heterocycles. The highest BCUT2D eigenvalue weighted by Gasteiger charge is 2.31. The van der Waals surface area contributed by atoms with Crippen LogP contribution in [0.2, 0.25) is 0 Å². The van der Waals surface area contributed by atoms with Gasteiger partial charge in [0, 0.05) is 25.7 Å². The largest absolute Gasteiger partial charge is 0.394 e. The molecule has 0 aliphatic carbocycles. The van der Waals surface area contributed by atoms with Crippen molar-refractivity contribution in [1.29, 1.82) is 0 Å². The van der Waals surface area contributed by atoms with Crippen molar-refractivity contribution in [3.05, 3.63) is 17.0 Å². The van der Waals surface area contributed by atoms with Gasteiger partial charge in [0.25, 0.3) is 0 Å². The van der Waals surface area contributed by atoms with Gasteiger partial charge in [-0.15, -0.1) is 0 Å². The fourth-order valence-electron chi connectivity index (χ4n) is 3.39. The van der Waals surface area contributed by atoms with Crippen molar-refractivity contribution in [2.45, 2.75) is 52.5 Å². The molecule has 1 aliphatic heterocycles. The summed E-state index contributed by atoms with van der Waals surface area (Å²) < 4.78 is 1.87. The fraction of sp³-hybridized carbons (Fsp3) is 0.750. The summed E-state index contributed by atoms with van der Waals surface area (Å²) in [5.41, 5.74) is 3.32. The number of aliphatic hydroxyl groups is 1. The van der Waals surface area contributed by atoms with Crippen molar-refractivity contribution in [3.63, 3.8) is 0 Å². The number of aromatic nitrogens is 2. The van der Waals surface area contributed by atoms with Crippen LogP contribution in [-0.4, -0.2) is 44.9 Å². The van der Waals surface area contributed by atoms with Crippen molar-refractivity contribution in [1.82, 2.24) is 14.7 Å². The molecule has 5 heteroatoms. The van der Waals surface area contributed by atoms with Crippen LogP contribution in [0.1, 0.15) is 43.1 Å². The van der Waals surface area contributed by atoms with Crippen LogP contribution in [0.4, 0.5) is 0 Å². The number of piperidine rings is 1. The van der Waals surface area contributed by atoms with Crippen LogP contribution in [0.3, 0.4) is 0 Å². The third-order valence-electron chi connectivity index (χ3n) is 4.87. The second kappa shape index (κ2) is 6.60.